The number of aliphatic hydroxyl groups excluding tert-OH is 1. The van der Waals surface area contributed by atoms with Gasteiger partial charge in [0.1, 0.15) is 5.82 Å². The zero-order chi connectivity index (χ0) is 13.0. The van der Waals surface area contributed by atoms with Crippen LogP contribution in [0.25, 0.3) is 0 Å². The lowest BCUT2D eigenvalue weighted by Gasteiger charge is -2.20. The fourth-order valence-electron chi connectivity index (χ4n) is 1.50. The molecule has 2 unspecified atom stereocenters. The Labute approximate surface area is 107 Å². The van der Waals surface area contributed by atoms with Gasteiger partial charge in [0.25, 0.3) is 0 Å². The van der Waals surface area contributed by atoms with Gasteiger partial charge in [-0.2, -0.15) is 0 Å². The molecule has 0 radical (unpaired) electrons. The smallest absolute Gasteiger partial charge is 0.124 e. The molecule has 0 bridgehead atoms. The molecule has 96 valence electrons. The summed E-state index contributed by atoms with van der Waals surface area (Å²) in [6, 6.07) is 4.33. The summed E-state index contributed by atoms with van der Waals surface area (Å²) in [7, 11) is 0. The van der Waals surface area contributed by atoms with Crippen molar-refractivity contribution in [3.8, 4) is 0 Å². The SMILES string of the molecule is CC(NCC(O)C(C)C)c1ccc(F)cc1Cl. The molecule has 0 aliphatic carbocycles. The van der Waals surface area contributed by atoms with Gasteiger partial charge in [-0.15, -0.1) is 0 Å². The van der Waals surface area contributed by atoms with E-state index >= 15 is 0 Å². The summed E-state index contributed by atoms with van der Waals surface area (Å²) in [5.41, 5.74) is 0.837. The summed E-state index contributed by atoms with van der Waals surface area (Å²) < 4.78 is 12.9. The number of hydrogen-bond acceptors (Lipinski definition) is 2. The third kappa shape index (κ3) is 4.26. The molecule has 0 heterocycles. The fourth-order valence-corrected chi connectivity index (χ4v) is 1.83. The highest BCUT2D eigenvalue weighted by Crippen LogP contribution is 2.23. The van der Waals surface area contributed by atoms with E-state index in [1.165, 1.54) is 12.1 Å². The fraction of sp³-hybridized carbons (Fsp3) is 0.538. The first-order valence-electron chi connectivity index (χ1n) is 5.78. The second kappa shape index (κ2) is 6.34. The van der Waals surface area contributed by atoms with Crippen molar-refractivity contribution in [2.75, 3.05) is 6.54 Å². The van der Waals surface area contributed by atoms with Crippen LogP contribution >= 0.6 is 11.6 Å². The molecule has 1 rings (SSSR count). The first-order valence-corrected chi connectivity index (χ1v) is 6.16. The maximum atomic E-state index is 12.9. The van der Waals surface area contributed by atoms with E-state index < -0.39 is 6.10 Å². The van der Waals surface area contributed by atoms with Crippen molar-refractivity contribution < 1.29 is 9.50 Å². The summed E-state index contributed by atoms with van der Waals surface area (Å²) in [6.45, 7) is 6.35. The van der Waals surface area contributed by atoms with Gasteiger partial charge in [-0.05, 0) is 30.5 Å². The number of halogens is 2. The summed E-state index contributed by atoms with van der Waals surface area (Å²) in [6.07, 6.45) is -0.392. The molecule has 0 fully saturated rings. The van der Waals surface area contributed by atoms with Crippen LogP contribution < -0.4 is 5.32 Å². The monoisotopic (exact) mass is 259 g/mol. The van der Waals surface area contributed by atoms with Crippen LogP contribution in [0.4, 0.5) is 4.39 Å². The third-order valence-electron chi connectivity index (χ3n) is 2.83. The Bertz CT molecular complexity index is 370. The van der Waals surface area contributed by atoms with Crippen LogP contribution in [0.15, 0.2) is 18.2 Å². The number of benzene rings is 1. The molecule has 0 saturated heterocycles. The van der Waals surface area contributed by atoms with Crippen molar-refractivity contribution in [2.45, 2.75) is 32.9 Å². The summed E-state index contributed by atoms with van der Waals surface area (Å²) in [5.74, 6) is -0.133. The average Bonchev–Trinajstić information content (AvgIpc) is 2.25. The molecule has 2 atom stereocenters. The lowest BCUT2D eigenvalue weighted by atomic mass is 10.1. The van der Waals surface area contributed by atoms with Crippen molar-refractivity contribution in [3.05, 3.63) is 34.6 Å². The second-order valence-electron chi connectivity index (χ2n) is 4.61. The first kappa shape index (κ1) is 14.4. The van der Waals surface area contributed by atoms with Crippen LogP contribution in [0.5, 0.6) is 0 Å². The minimum Gasteiger partial charge on any atom is -0.392 e. The van der Waals surface area contributed by atoms with Gasteiger partial charge in [0.15, 0.2) is 0 Å². The molecule has 2 nitrogen and oxygen atoms in total. The van der Waals surface area contributed by atoms with E-state index in [0.29, 0.717) is 11.6 Å². The zero-order valence-electron chi connectivity index (χ0n) is 10.4. The molecule has 1 aromatic carbocycles. The molecule has 1 aromatic rings. The number of hydrogen-bond donors (Lipinski definition) is 2. The van der Waals surface area contributed by atoms with Gasteiger partial charge in [-0.3, -0.25) is 0 Å². The second-order valence-corrected chi connectivity index (χ2v) is 5.01. The predicted octanol–water partition coefficient (Wildman–Crippen LogP) is 3.15. The van der Waals surface area contributed by atoms with Gasteiger partial charge in [0.05, 0.1) is 6.10 Å². The lowest BCUT2D eigenvalue weighted by Crippen LogP contribution is -2.32. The standard InChI is InChI=1S/C13H19ClFNO/c1-8(2)13(17)7-16-9(3)11-5-4-10(15)6-12(11)14/h4-6,8-9,13,16-17H,7H2,1-3H3. The van der Waals surface area contributed by atoms with Crippen LogP contribution in [0.2, 0.25) is 5.02 Å². The van der Waals surface area contributed by atoms with E-state index in [-0.39, 0.29) is 17.8 Å². The van der Waals surface area contributed by atoms with Crippen molar-refractivity contribution >= 4 is 11.6 Å². The highest BCUT2D eigenvalue weighted by Gasteiger charge is 2.13. The number of nitrogens with one attached hydrogen (secondary N) is 1. The van der Waals surface area contributed by atoms with Crippen LogP contribution in [-0.2, 0) is 0 Å². The normalized spacial score (nSPS) is 15.0. The van der Waals surface area contributed by atoms with Gasteiger partial charge in [-0.25, -0.2) is 4.39 Å². The Morgan fingerprint density at radius 2 is 2.00 bits per heavy atom. The number of rotatable bonds is 5. The maximum Gasteiger partial charge on any atom is 0.124 e. The van der Waals surface area contributed by atoms with Crippen molar-refractivity contribution in [1.29, 1.82) is 0 Å². The zero-order valence-corrected chi connectivity index (χ0v) is 11.1. The minimum absolute atomic E-state index is 0.0171. The minimum atomic E-state index is -0.392. The Balaban J connectivity index is 2.61. The van der Waals surface area contributed by atoms with Crippen LogP contribution in [0.1, 0.15) is 32.4 Å². The Kier molecular flexibility index (Phi) is 5.37. The quantitative estimate of drug-likeness (QED) is 0.852. The van der Waals surface area contributed by atoms with Gasteiger partial charge in [0, 0.05) is 17.6 Å². The van der Waals surface area contributed by atoms with E-state index in [2.05, 4.69) is 5.32 Å². The molecule has 0 aliphatic rings. The topological polar surface area (TPSA) is 32.3 Å². The number of aliphatic hydroxyl groups is 1. The van der Waals surface area contributed by atoms with Gasteiger partial charge >= 0.3 is 0 Å². The van der Waals surface area contributed by atoms with Crippen molar-refractivity contribution in [1.82, 2.24) is 5.32 Å². The molecule has 0 aromatic heterocycles. The molecule has 4 heteroatoms. The molecular formula is C13H19ClFNO. The van der Waals surface area contributed by atoms with E-state index in [9.17, 15) is 9.50 Å². The molecule has 0 saturated carbocycles. The summed E-state index contributed by atoms with van der Waals surface area (Å²) in [5, 5.41) is 13.3. The largest absolute Gasteiger partial charge is 0.392 e. The Morgan fingerprint density at radius 3 is 2.53 bits per heavy atom. The van der Waals surface area contributed by atoms with E-state index in [1.54, 1.807) is 6.07 Å². The molecular weight excluding hydrogens is 241 g/mol. The molecule has 17 heavy (non-hydrogen) atoms. The van der Waals surface area contributed by atoms with Crippen LogP contribution in [-0.4, -0.2) is 17.8 Å². The predicted molar refractivity (Wildman–Crippen MR) is 68.7 cm³/mol. The van der Waals surface area contributed by atoms with E-state index in [4.69, 9.17) is 11.6 Å². The maximum absolute atomic E-state index is 12.9. The van der Waals surface area contributed by atoms with Crippen molar-refractivity contribution in [2.24, 2.45) is 5.92 Å². The summed E-state index contributed by atoms with van der Waals surface area (Å²) >= 11 is 5.96. The van der Waals surface area contributed by atoms with Crippen LogP contribution in [0, 0.1) is 11.7 Å². The van der Waals surface area contributed by atoms with E-state index in [1.807, 2.05) is 20.8 Å². The highest BCUT2D eigenvalue weighted by atomic mass is 35.5. The van der Waals surface area contributed by atoms with Crippen molar-refractivity contribution in [3.63, 3.8) is 0 Å². The Morgan fingerprint density at radius 1 is 1.35 bits per heavy atom. The first-order chi connectivity index (χ1) is 7.91. The van der Waals surface area contributed by atoms with Gasteiger partial charge < -0.3 is 10.4 Å². The van der Waals surface area contributed by atoms with Gasteiger partial charge in [-0.1, -0.05) is 31.5 Å². The Hall–Kier alpha value is -0.640. The van der Waals surface area contributed by atoms with Gasteiger partial charge in [0.2, 0.25) is 0 Å². The lowest BCUT2D eigenvalue weighted by molar-refractivity contribution is 0.120. The molecule has 0 amide bonds. The summed E-state index contributed by atoms with van der Waals surface area (Å²) in [4.78, 5) is 0. The van der Waals surface area contributed by atoms with Crippen LogP contribution in [0.3, 0.4) is 0 Å². The average molecular weight is 260 g/mol. The molecule has 2 N–H and O–H groups in total. The molecule has 0 spiro atoms. The van der Waals surface area contributed by atoms with E-state index in [0.717, 1.165) is 5.56 Å². The third-order valence-corrected chi connectivity index (χ3v) is 3.16. The molecule has 0 aliphatic heterocycles. The highest BCUT2D eigenvalue weighted by molar-refractivity contribution is 6.31.